The van der Waals surface area contributed by atoms with Crippen LogP contribution < -0.4 is 10.1 Å². The Hall–Kier alpha value is -2.29. The van der Waals surface area contributed by atoms with Crippen molar-refractivity contribution in [3.8, 4) is 5.75 Å². The smallest absolute Gasteiger partial charge is 0.257 e. The quantitative estimate of drug-likeness (QED) is 0.883. The first-order chi connectivity index (χ1) is 10.1. The van der Waals surface area contributed by atoms with Crippen molar-refractivity contribution < 1.29 is 9.53 Å². The van der Waals surface area contributed by atoms with Crippen LogP contribution in [0, 0.1) is 6.92 Å². The zero-order valence-electron chi connectivity index (χ0n) is 12.5. The van der Waals surface area contributed by atoms with Crippen molar-refractivity contribution in [1.29, 1.82) is 0 Å². The zero-order valence-corrected chi connectivity index (χ0v) is 12.5. The number of hydrogen-bond acceptors (Lipinski definition) is 2. The third-order valence-corrected chi connectivity index (χ3v) is 3.36. The fraction of sp³-hybridized carbons (Fsp3) is 0.278. The maximum atomic E-state index is 11.8. The van der Waals surface area contributed by atoms with E-state index in [2.05, 4.69) is 24.4 Å². The highest BCUT2D eigenvalue weighted by molar-refractivity contribution is 5.77. The van der Waals surface area contributed by atoms with E-state index < -0.39 is 0 Å². The molecule has 0 fully saturated rings. The van der Waals surface area contributed by atoms with Gasteiger partial charge in [-0.15, -0.1) is 0 Å². The lowest BCUT2D eigenvalue weighted by atomic mass is 10.0. The van der Waals surface area contributed by atoms with E-state index in [1.807, 2.05) is 49.4 Å². The van der Waals surface area contributed by atoms with Crippen molar-refractivity contribution in [3.63, 3.8) is 0 Å². The van der Waals surface area contributed by atoms with Gasteiger partial charge >= 0.3 is 0 Å². The van der Waals surface area contributed by atoms with Crippen LogP contribution in [0.25, 0.3) is 0 Å². The van der Waals surface area contributed by atoms with E-state index in [1.54, 1.807) is 0 Å². The zero-order chi connectivity index (χ0) is 15.1. The largest absolute Gasteiger partial charge is 0.484 e. The van der Waals surface area contributed by atoms with Gasteiger partial charge in [-0.2, -0.15) is 0 Å². The molecule has 21 heavy (non-hydrogen) atoms. The number of carbonyl (C=O) groups is 1. The maximum absolute atomic E-state index is 11.8. The van der Waals surface area contributed by atoms with Gasteiger partial charge in [0, 0.05) is 6.54 Å². The Morgan fingerprint density at radius 1 is 1.10 bits per heavy atom. The van der Waals surface area contributed by atoms with Crippen molar-refractivity contribution in [3.05, 3.63) is 65.7 Å². The maximum Gasteiger partial charge on any atom is 0.257 e. The van der Waals surface area contributed by atoms with Crippen LogP contribution in [0.5, 0.6) is 5.75 Å². The van der Waals surface area contributed by atoms with Crippen molar-refractivity contribution in [2.24, 2.45) is 0 Å². The molecule has 1 atom stereocenters. The number of ether oxygens (including phenoxy) is 1. The molecule has 1 unspecified atom stereocenters. The molecular weight excluding hydrogens is 262 g/mol. The molecule has 0 aromatic heterocycles. The Morgan fingerprint density at radius 3 is 2.43 bits per heavy atom. The Kier molecular flexibility index (Phi) is 5.38. The lowest BCUT2D eigenvalue weighted by molar-refractivity contribution is -0.123. The van der Waals surface area contributed by atoms with Crippen molar-refractivity contribution >= 4 is 5.91 Å². The average molecular weight is 283 g/mol. The first-order valence-electron chi connectivity index (χ1n) is 7.16. The SMILES string of the molecule is Cc1ccc(OCC(=O)NCC(C)c2ccccc2)cc1. The van der Waals surface area contributed by atoms with Crippen LogP contribution in [-0.2, 0) is 4.79 Å². The van der Waals surface area contributed by atoms with Crippen LogP contribution in [0.3, 0.4) is 0 Å². The van der Waals surface area contributed by atoms with Gasteiger partial charge in [-0.3, -0.25) is 4.79 Å². The van der Waals surface area contributed by atoms with Crippen molar-refractivity contribution in [2.45, 2.75) is 19.8 Å². The average Bonchev–Trinajstić information content (AvgIpc) is 2.53. The van der Waals surface area contributed by atoms with Gasteiger partial charge in [0.2, 0.25) is 0 Å². The molecule has 2 aromatic carbocycles. The molecule has 0 aliphatic carbocycles. The third kappa shape index (κ3) is 4.95. The number of rotatable bonds is 6. The van der Waals surface area contributed by atoms with E-state index in [0.717, 1.165) is 0 Å². The first kappa shape index (κ1) is 15.1. The lowest BCUT2D eigenvalue weighted by Crippen LogP contribution is -2.31. The topological polar surface area (TPSA) is 38.3 Å². The summed E-state index contributed by atoms with van der Waals surface area (Å²) in [4.78, 5) is 11.8. The van der Waals surface area contributed by atoms with Gasteiger partial charge < -0.3 is 10.1 Å². The molecule has 0 saturated carbocycles. The van der Waals surface area contributed by atoms with Crippen LogP contribution in [0.15, 0.2) is 54.6 Å². The molecule has 2 rings (SSSR count). The van der Waals surface area contributed by atoms with E-state index >= 15 is 0 Å². The molecular formula is C18H21NO2. The molecule has 0 radical (unpaired) electrons. The molecule has 0 spiro atoms. The van der Waals surface area contributed by atoms with E-state index in [0.29, 0.717) is 12.3 Å². The molecule has 0 aliphatic rings. The number of benzene rings is 2. The minimum absolute atomic E-state index is 0.0462. The molecule has 0 aliphatic heterocycles. The highest BCUT2D eigenvalue weighted by Gasteiger charge is 2.08. The fourth-order valence-corrected chi connectivity index (χ4v) is 2.00. The van der Waals surface area contributed by atoms with Crippen molar-refractivity contribution in [1.82, 2.24) is 5.32 Å². The van der Waals surface area contributed by atoms with Crippen molar-refractivity contribution in [2.75, 3.05) is 13.2 Å². The Morgan fingerprint density at radius 2 is 1.76 bits per heavy atom. The summed E-state index contributed by atoms with van der Waals surface area (Å²) in [5, 5.41) is 2.90. The van der Waals surface area contributed by atoms with E-state index in [9.17, 15) is 4.79 Å². The molecule has 3 heteroatoms. The molecule has 1 N–H and O–H groups in total. The molecule has 1 amide bonds. The molecule has 0 bridgehead atoms. The molecule has 110 valence electrons. The molecule has 0 saturated heterocycles. The standard InChI is InChI=1S/C18H21NO2/c1-14-8-10-17(11-9-14)21-13-18(20)19-12-15(2)16-6-4-3-5-7-16/h3-11,15H,12-13H2,1-2H3,(H,19,20). The fourth-order valence-electron chi connectivity index (χ4n) is 2.00. The van der Waals surface area contributed by atoms with Crippen LogP contribution in [-0.4, -0.2) is 19.1 Å². The van der Waals surface area contributed by atoms with E-state index in [1.165, 1.54) is 11.1 Å². The molecule has 2 aromatic rings. The Balaban J connectivity index is 1.73. The number of amides is 1. The van der Waals surface area contributed by atoms with Gasteiger partial charge in [-0.25, -0.2) is 0 Å². The Bertz CT molecular complexity index is 564. The van der Waals surface area contributed by atoms with Gasteiger partial charge in [0.15, 0.2) is 6.61 Å². The number of hydrogen-bond donors (Lipinski definition) is 1. The van der Waals surface area contributed by atoms with Gasteiger partial charge in [-0.05, 0) is 30.5 Å². The van der Waals surface area contributed by atoms with Crippen LogP contribution >= 0.6 is 0 Å². The number of aryl methyl sites for hydroxylation is 1. The minimum atomic E-state index is -0.0987. The minimum Gasteiger partial charge on any atom is -0.484 e. The second-order valence-corrected chi connectivity index (χ2v) is 5.22. The normalized spacial score (nSPS) is 11.7. The summed E-state index contributed by atoms with van der Waals surface area (Å²) in [7, 11) is 0. The summed E-state index contributed by atoms with van der Waals surface area (Å²) < 4.78 is 5.45. The van der Waals surface area contributed by atoms with E-state index in [-0.39, 0.29) is 18.4 Å². The summed E-state index contributed by atoms with van der Waals surface area (Å²) >= 11 is 0. The summed E-state index contributed by atoms with van der Waals surface area (Å²) in [6.45, 7) is 4.77. The Labute approximate surface area is 126 Å². The van der Waals surface area contributed by atoms with Crippen LogP contribution in [0.2, 0.25) is 0 Å². The summed E-state index contributed by atoms with van der Waals surface area (Å²) in [6.07, 6.45) is 0. The third-order valence-electron chi connectivity index (χ3n) is 3.36. The molecule has 3 nitrogen and oxygen atoms in total. The van der Waals surface area contributed by atoms with Gasteiger partial charge in [0.05, 0.1) is 0 Å². The summed E-state index contributed by atoms with van der Waals surface area (Å²) in [6, 6.07) is 17.8. The lowest BCUT2D eigenvalue weighted by Gasteiger charge is -2.13. The predicted molar refractivity (Wildman–Crippen MR) is 84.5 cm³/mol. The van der Waals surface area contributed by atoms with Gasteiger partial charge in [0.1, 0.15) is 5.75 Å². The van der Waals surface area contributed by atoms with Crippen LogP contribution in [0.1, 0.15) is 24.0 Å². The molecule has 0 heterocycles. The monoisotopic (exact) mass is 283 g/mol. The summed E-state index contributed by atoms with van der Waals surface area (Å²) in [5.74, 6) is 0.903. The van der Waals surface area contributed by atoms with Crippen LogP contribution in [0.4, 0.5) is 0 Å². The predicted octanol–water partition coefficient (Wildman–Crippen LogP) is 3.29. The highest BCUT2D eigenvalue weighted by Crippen LogP contribution is 2.13. The number of carbonyl (C=O) groups excluding carboxylic acids is 1. The summed E-state index contributed by atoms with van der Waals surface area (Å²) in [5.41, 5.74) is 2.39. The second-order valence-electron chi connectivity index (χ2n) is 5.22. The highest BCUT2D eigenvalue weighted by atomic mass is 16.5. The first-order valence-corrected chi connectivity index (χ1v) is 7.16. The van der Waals surface area contributed by atoms with E-state index in [4.69, 9.17) is 4.74 Å². The number of nitrogens with one attached hydrogen (secondary N) is 1. The van der Waals surface area contributed by atoms with Gasteiger partial charge in [0.25, 0.3) is 5.91 Å². The second kappa shape index (κ2) is 7.48. The van der Waals surface area contributed by atoms with Gasteiger partial charge in [-0.1, -0.05) is 55.0 Å².